The van der Waals surface area contributed by atoms with Gasteiger partial charge in [0.05, 0.1) is 17.6 Å². The number of nitrogens with one attached hydrogen (secondary N) is 2. The number of nitrogens with zero attached hydrogens (tertiary/aromatic N) is 4. The fourth-order valence-corrected chi connectivity index (χ4v) is 2.80. The molecule has 4 rings (SSSR count). The number of benzene rings is 2. The van der Waals surface area contributed by atoms with Crippen LogP contribution in [-0.2, 0) is 17.9 Å². The van der Waals surface area contributed by atoms with Gasteiger partial charge in [-0.2, -0.15) is 5.10 Å². The lowest BCUT2D eigenvalue weighted by molar-refractivity contribution is -0.116. The molecule has 26 heavy (non-hydrogen) atoms. The molecule has 0 atom stereocenters. The molecule has 130 valence electrons. The number of fused-ring (bicyclic) bond motifs is 1. The number of hydrogen-bond acceptors (Lipinski definition) is 4. The van der Waals surface area contributed by atoms with Gasteiger partial charge in [-0.1, -0.05) is 24.3 Å². The molecule has 2 aromatic carbocycles. The number of amides is 1. The van der Waals surface area contributed by atoms with Crippen LogP contribution in [0.3, 0.4) is 0 Å². The third-order valence-corrected chi connectivity index (χ3v) is 4.03. The van der Waals surface area contributed by atoms with Crippen molar-refractivity contribution in [2.75, 3.05) is 5.32 Å². The first-order valence-electron chi connectivity index (χ1n) is 8.08. The molecule has 0 aliphatic carbocycles. The quantitative estimate of drug-likeness (QED) is 0.572. The summed E-state index contributed by atoms with van der Waals surface area (Å²) in [5.74, 6) is -0.263. The van der Waals surface area contributed by atoms with Crippen LogP contribution in [-0.4, -0.2) is 30.2 Å². The SMILES string of the molecule is O=C(Cn1c(=O)[nH]c2ccccc21)Nc1ccc(Cn2cncn2)cc1. The van der Waals surface area contributed by atoms with Crippen molar-refractivity contribution in [3.8, 4) is 0 Å². The highest BCUT2D eigenvalue weighted by Crippen LogP contribution is 2.12. The topological polar surface area (TPSA) is 97.6 Å². The van der Waals surface area contributed by atoms with Crippen molar-refractivity contribution in [2.45, 2.75) is 13.1 Å². The fourth-order valence-electron chi connectivity index (χ4n) is 2.80. The molecule has 2 heterocycles. The molecule has 0 bridgehead atoms. The second-order valence-electron chi connectivity index (χ2n) is 5.87. The summed E-state index contributed by atoms with van der Waals surface area (Å²) >= 11 is 0. The van der Waals surface area contributed by atoms with E-state index in [-0.39, 0.29) is 18.1 Å². The Balaban J connectivity index is 1.44. The Hall–Kier alpha value is -3.68. The summed E-state index contributed by atoms with van der Waals surface area (Å²) < 4.78 is 3.14. The minimum absolute atomic E-state index is 0.0520. The molecule has 0 aliphatic rings. The molecule has 0 fully saturated rings. The second kappa shape index (κ2) is 6.67. The van der Waals surface area contributed by atoms with Gasteiger partial charge in [-0.25, -0.2) is 14.5 Å². The lowest BCUT2D eigenvalue weighted by atomic mass is 10.2. The van der Waals surface area contributed by atoms with Crippen LogP contribution in [0.5, 0.6) is 0 Å². The molecule has 0 spiro atoms. The van der Waals surface area contributed by atoms with Crippen LogP contribution < -0.4 is 11.0 Å². The number of aromatic amines is 1. The summed E-state index contributed by atoms with van der Waals surface area (Å²) in [5.41, 5.74) is 2.83. The van der Waals surface area contributed by atoms with Crippen LogP contribution in [0.4, 0.5) is 5.69 Å². The standard InChI is InChI=1S/C18H16N6O2/c25-17(10-24-16-4-2-1-3-15(16)22-18(24)26)21-14-7-5-13(6-8-14)9-23-12-19-11-20-23/h1-8,11-12H,9-10H2,(H,21,25)(H,22,26). The fraction of sp³-hybridized carbons (Fsp3) is 0.111. The van der Waals surface area contributed by atoms with Crippen LogP contribution in [0.25, 0.3) is 11.0 Å². The average molecular weight is 348 g/mol. The van der Waals surface area contributed by atoms with Crippen molar-refractivity contribution >= 4 is 22.6 Å². The lowest BCUT2D eigenvalue weighted by Gasteiger charge is -2.07. The predicted molar refractivity (Wildman–Crippen MR) is 96.8 cm³/mol. The number of para-hydroxylation sites is 2. The normalized spacial score (nSPS) is 10.9. The van der Waals surface area contributed by atoms with E-state index in [9.17, 15) is 9.59 Å². The number of H-pyrrole nitrogens is 1. The summed E-state index contributed by atoms with van der Waals surface area (Å²) in [4.78, 5) is 31.0. The first-order valence-corrected chi connectivity index (χ1v) is 8.08. The van der Waals surface area contributed by atoms with Crippen LogP contribution in [0, 0.1) is 0 Å². The molecule has 8 nitrogen and oxygen atoms in total. The van der Waals surface area contributed by atoms with Gasteiger partial charge in [0.1, 0.15) is 19.2 Å². The summed E-state index contributed by atoms with van der Waals surface area (Å²) in [6, 6.07) is 14.7. The molecule has 2 N–H and O–H groups in total. The largest absolute Gasteiger partial charge is 0.326 e. The van der Waals surface area contributed by atoms with Gasteiger partial charge in [-0.05, 0) is 29.8 Å². The van der Waals surface area contributed by atoms with Crippen molar-refractivity contribution in [1.29, 1.82) is 0 Å². The first kappa shape index (κ1) is 15.8. The van der Waals surface area contributed by atoms with E-state index >= 15 is 0 Å². The van der Waals surface area contributed by atoms with Gasteiger partial charge >= 0.3 is 5.69 Å². The van der Waals surface area contributed by atoms with E-state index in [2.05, 4.69) is 20.4 Å². The Labute approximate surface area is 148 Å². The first-order chi connectivity index (χ1) is 12.7. The molecule has 0 saturated carbocycles. The van der Waals surface area contributed by atoms with Gasteiger partial charge in [0.25, 0.3) is 0 Å². The summed E-state index contributed by atoms with van der Waals surface area (Å²) in [5, 5.41) is 6.87. The minimum Gasteiger partial charge on any atom is -0.325 e. The molecule has 0 radical (unpaired) electrons. The Kier molecular flexibility index (Phi) is 4.06. The molecular weight excluding hydrogens is 332 g/mol. The summed E-state index contributed by atoms with van der Waals surface area (Å²) in [6.45, 7) is 0.558. The smallest absolute Gasteiger partial charge is 0.325 e. The van der Waals surface area contributed by atoms with Gasteiger partial charge in [0.2, 0.25) is 5.91 Å². The zero-order chi connectivity index (χ0) is 17.9. The van der Waals surface area contributed by atoms with E-state index in [4.69, 9.17) is 0 Å². The third-order valence-electron chi connectivity index (χ3n) is 4.03. The van der Waals surface area contributed by atoms with Crippen LogP contribution in [0.15, 0.2) is 66.0 Å². The van der Waals surface area contributed by atoms with Gasteiger partial charge in [-0.3, -0.25) is 9.36 Å². The van der Waals surface area contributed by atoms with Gasteiger partial charge in [0, 0.05) is 5.69 Å². The highest BCUT2D eigenvalue weighted by Gasteiger charge is 2.10. The summed E-state index contributed by atoms with van der Waals surface area (Å²) in [6.07, 6.45) is 3.13. The molecule has 2 aromatic heterocycles. The van der Waals surface area contributed by atoms with Gasteiger partial charge < -0.3 is 10.3 Å². The Morgan fingerprint density at radius 1 is 1.12 bits per heavy atom. The van der Waals surface area contributed by atoms with Crippen molar-refractivity contribution in [3.63, 3.8) is 0 Å². The maximum atomic E-state index is 12.3. The molecular formula is C18H16N6O2. The van der Waals surface area contributed by atoms with E-state index in [0.717, 1.165) is 5.56 Å². The number of rotatable bonds is 5. The molecule has 8 heteroatoms. The number of hydrogen-bond donors (Lipinski definition) is 2. The van der Waals surface area contributed by atoms with E-state index in [1.165, 1.54) is 10.9 Å². The van der Waals surface area contributed by atoms with E-state index in [1.807, 2.05) is 36.4 Å². The van der Waals surface area contributed by atoms with Crippen LogP contribution in [0.2, 0.25) is 0 Å². The monoisotopic (exact) mass is 348 g/mol. The van der Waals surface area contributed by atoms with Crippen molar-refractivity contribution in [3.05, 3.63) is 77.2 Å². The van der Waals surface area contributed by atoms with Crippen molar-refractivity contribution in [1.82, 2.24) is 24.3 Å². The van der Waals surface area contributed by atoms with Gasteiger partial charge in [-0.15, -0.1) is 0 Å². The molecule has 1 amide bonds. The van der Waals surface area contributed by atoms with E-state index in [1.54, 1.807) is 23.1 Å². The minimum atomic E-state index is -0.301. The molecule has 0 aliphatic heterocycles. The molecule has 4 aromatic rings. The summed E-state index contributed by atoms with van der Waals surface area (Å²) in [7, 11) is 0. The van der Waals surface area contributed by atoms with Gasteiger partial charge in [0.15, 0.2) is 0 Å². The zero-order valence-electron chi connectivity index (χ0n) is 13.8. The van der Waals surface area contributed by atoms with Crippen molar-refractivity contribution in [2.24, 2.45) is 0 Å². The Morgan fingerprint density at radius 2 is 1.92 bits per heavy atom. The second-order valence-corrected chi connectivity index (χ2v) is 5.87. The maximum absolute atomic E-state index is 12.3. The molecule has 0 saturated heterocycles. The zero-order valence-corrected chi connectivity index (χ0v) is 13.8. The average Bonchev–Trinajstić information content (AvgIpc) is 3.25. The van der Waals surface area contributed by atoms with Crippen LogP contribution in [0.1, 0.15) is 5.56 Å². The number of anilines is 1. The Morgan fingerprint density at radius 3 is 2.69 bits per heavy atom. The third kappa shape index (κ3) is 3.25. The highest BCUT2D eigenvalue weighted by molar-refractivity contribution is 5.91. The number of carbonyl (C=O) groups excluding carboxylic acids is 1. The number of carbonyl (C=O) groups is 1. The Bertz CT molecular complexity index is 1090. The number of imidazole rings is 1. The van der Waals surface area contributed by atoms with Crippen molar-refractivity contribution < 1.29 is 4.79 Å². The highest BCUT2D eigenvalue weighted by atomic mass is 16.2. The lowest BCUT2D eigenvalue weighted by Crippen LogP contribution is -2.25. The number of aromatic nitrogens is 5. The van der Waals surface area contributed by atoms with Crippen LogP contribution >= 0.6 is 0 Å². The predicted octanol–water partition coefficient (Wildman–Crippen LogP) is 1.61. The molecule has 0 unspecified atom stereocenters. The maximum Gasteiger partial charge on any atom is 0.326 e. The van der Waals surface area contributed by atoms with E-state index in [0.29, 0.717) is 23.3 Å². The van der Waals surface area contributed by atoms with E-state index < -0.39 is 0 Å².